The molecule has 2 fully saturated rings. The molecule has 2 heterocycles. The molecule has 0 aromatic rings. The van der Waals surface area contributed by atoms with Gasteiger partial charge in [-0.15, -0.1) is 0 Å². The molecule has 0 aromatic carbocycles. The van der Waals surface area contributed by atoms with Crippen LogP contribution in [0, 0.1) is 0 Å². The third-order valence-electron chi connectivity index (χ3n) is 3.42. The van der Waals surface area contributed by atoms with Crippen molar-refractivity contribution in [3.8, 4) is 0 Å². The molecule has 2 amide bonds. The first-order valence-corrected chi connectivity index (χ1v) is 6.11. The number of amides is 2. The average Bonchev–Trinajstić information content (AvgIpc) is 2.36. The van der Waals surface area contributed by atoms with E-state index in [4.69, 9.17) is 10.5 Å². The van der Waals surface area contributed by atoms with Crippen molar-refractivity contribution in [2.75, 3.05) is 26.2 Å². The standard InChI is InChI=1S/C11H19N3O3/c1-2-17-11(16)13-5-3-8(4-6-13)14-7-9(12)10(14)15/h8-9H,2-7,12H2,1H3. The first kappa shape index (κ1) is 12.2. The Morgan fingerprint density at radius 2 is 2.12 bits per heavy atom. The second-order valence-electron chi connectivity index (χ2n) is 4.51. The molecule has 6 heteroatoms. The SMILES string of the molecule is CCOC(=O)N1CCC(N2CC(N)C2=O)CC1. The summed E-state index contributed by atoms with van der Waals surface area (Å²) in [6, 6.07) is -0.0638. The Kier molecular flexibility index (Phi) is 3.51. The Balaban J connectivity index is 1.78. The van der Waals surface area contributed by atoms with Crippen LogP contribution in [0.5, 0.6) is 0 Å². The molecule has 96 valence electrons. The van der Waals surface area contributed by atoms with Crippen molar-refractivity contribution in [1.82, 2.24) is 9.80 Å². The van der Waals surface area contributed by atoms with Gasteiger partial charge in [-0.2, -0.15) is 0 Å². The lowest BCUT2D eigenvalue weighted by Crippen LogP contribution is -2.65. The van der Waals surface area contributed by atoms with E-state index < -0.39 is 0 Å². The largest absolute Gasteiger partial charge is 0.450 e. The molecule has 0 spiro atoms. The maximum Gasteiger partial charge on any atom is 0.409 e. The van der Waals surface area contributed by atoms with Gasteiger partial charge in [0.15, 0.2) is 0 Å². The fourth-order valence-corrected chi connectivity index (χ4v) is 2.38. The van der Waals surface area contributed by atoms with E-state index in [1.807, 2.05) is 4.90 Å². The molecule has 2 aliphatic rings. The third kappa shape index (κ3) is 2.36. The van der Waals surface area contributed by atoms with Crippen LogP contribution in [0.4, 0.5) is 4.79 Å². The van der Waals surface area contributed by atoms with Crippen LogP contribution in [-0.4, -0.2) is 60.1 Å². The van der Waals surface area contributed by atoms with E-state index in [9.17, 15) is 9.59 Å². The van der Waals surface area contributed by atoms with Crippen molar-refractivity contribution < 1.29 is 14.3 Å². The molecule has 0 radical (unpaired) electrons. The van der Waals surface area contributed by atoms with Gasteiger partial charge in [-0.25, -0.2) is 4.79 Å². The van der Waals surface area contributed by atoms with Gasteiger partial charge in [-0.05, 0) is 19.8 Å². The predicted octanol–water partition coefficient (Wildman–Crippen LogP) is -0.223. The van der Waals surface area contributed by atoms with Crippen LogP contribution < -0.4 is 5.73 Å². The molecule has 1 atom stereocenters. The smallest absolute Gasteiger partial charge is 0.409 e. The summed E-state index contributed by atoms with van der Waals surface area (Å²) in [6.45, 7) is 4.16. The van der Waals surface area contributed by atoms with E-state index in [-0.39, 0.29) is 24.1 Å². The number of likely N-dealkylation sites (tertiary alicyclic amines) is 2. The van der Waals surface area contributed by atoms with Gasteiger partial charge in [-0.1, -0.05) is 0 Å². The zero-order valence-corrected chi connectivity index (χ0v) is 10.1. The van der Waals surface area contributed by atoms with E-state index in [2.05, 4.69) is 0 Å². The summed E-state index contributed by atoms with van der Waals surface area (Å²) in [5.74, 6) is 0.0413. The lowest BCUT2D eigenvalue weighted by atomic mass is 9.97. The minimum absolute atomic E-state index is 0.0413. The second kappa shape index (κ2) is 4.91. The molecule has 2 rings (SSSR count). The van der Waals surface area contributed by atoms with Gasteiger partial charge in [0.2, 0.25) is 5.91 Å². The zero-order chi connectivity index (χ0) is 12.4. The van der Waals surface area contributed by atoms with Gasteiger partial charge in [0.25, 0.3) is 0 Å². The molecule has 0 bridgehead atoms. The van der Waals surface area contributed by atoms with Crippen molar-refractivity contribution in [3.63, 3.8) is 0 Å². The number of hydrogen-bond donors (Lipinski definition) is 1. The predicted molar refractivity (Wildman–Crippen MR) is 61.3 cm³/mol. The normalized spacial score (nSPS) is 25.8. The van der Waals surface area contributed by atoms with Crippen LogP contribution in [0.1, 0.15) is 19.8 Å². The molecule has 2 saturated heterocycles. The first-order valence-electron chi connectivity index (χ1n) is 6.11. The zero-order valence-electron chi connectivity index (χ0n) is 10.1. The lowest BCUT2D eigenvalue weighted by Gasteiger charge is -2.45. The maximum atomic E-state index is 11.5. The average molecular weight is 241 g/mol. The monoisotopic (exact) mass is 241 g/mol. The van der Waals surface area contributed by atoms with Crippen molar-refractivity contribution in [1.29, 1.82) is 0 Å². The fraction of sp³-hybridized carbons (Fsp3) is 0.818. The lowest BCUT2D eigenvalue weighted by molar-refractivity contribution is -0.146. The molecular formula is C11H19N3O3. The van der Waals surface area contributed by atoms with Crippen LogP contribution in [0.25, 0.3) is 0 Å². The minimum Gasteiger partial charge on any atom is -0.450 e. The Labute approximate surface area is 101 Å². The van der Waals surface area contributed by atoms with Gasteiger partial charge in [-0.3, -0.25) is 4.79 Å². The fourth-order valence-electron chi connectivity index (χ4n) is 2.38. The van der Waals surface area contributed by atoms with Crippen LogP contribution in [0.3, 0.4) is 0 Å². The minimum atomic E-state index is -0.307. The molecule has 6 nitrogen and oxygen atoms in total. The molecule has 1 unspecified atom stereocenters. The van der Waals surface area contributed by atoms with Crippen molar-refractivity contribution in [2.45, 2.75) is 31.8 Å². The van der Waals surface area contributed by atoms with Gasteiger partial charge in [0.1, 0.15) is 6.04 Å². The first-order chi connectivity index (χ1) is 8.13. The van der Waals surface area contributed by atoms with Gasteiger partial charge < -0.3 is 20.3 Å². The van der Waals surface area contributed by atoms with E-state index in [0.717, 1.165) is 12.8 Å². The van der Waals surface area contributed by atoms with Crippen LogP contribution >= 0.6 is 0 Å². The Hall–Kier alpha value is -1.30. The topological polar surface area (TPSA) is 75.9 Å². The summed E-state index contributed by atoms with van der Waals surface area (Å²) in [5, 5.41) is 0. The summed E-state index contributed by atoms with van der Waals surface area (Å²) >= 11 is 0. The summed E-state index contributed by atoms with van der Waals surface area (Å²) in [7, 11) is 0. The highest BCUT2D eigenvalue weighted by molar-refractivity contribution is 5.88. The Morgan fingerprint density at radius 3 is 2.59 bits per heavy atom. The highest BCUT2D eigenvalue weighted by Crippen LogP contribution is 2.22. The number of piperidine rings is 1. The number of nitrogens with zero attached hydrogens (tertiary/aromatic N) is 2. The number of rotatable bonds is 2. The van der Waals surface area contributed by atoms with E-state index >= 15 is 0 Å². The number of nitrogens with two attached hydrogens (primary N) is 1. The summed E-state index contributed by atoms with van der Waals surface area (Å²) < 4.78 is 4.94. The second-order valence-corrected chi connectivity index (χ2v) is 4.51. The molecular weight excluding hydrogens is 222 g/mol. The van der Waals surface area contributed by atoms with Crippen LogP contribution in [0.2, 0.25) is 0 Å². The number of carbonyl (C=O) groups excluding carboxylic acids is 2. The highest BCUT2D eigenvalue weighted by Gasteiger charge is 2.39. The number of hydrogen-bond acceptors (Lipinski definition) is 4. The highest BCUT2D eigenvalue weighted by atomic mass is 16.6. The summed E-state index contributed by atoms with van der Waals surface area (Å²) in [5.41, 5.74) is 5.56. The molecule has 0 aliphatic carbocycles. The summed E-state index contributed by atoms with van der Waals surface area (Å²) in [6.07, 6.45) is 1.38. The number of carbonyl (C=O) groups is 2. The summed E-state index contributed by atoms with van der Waals surface area (Å²) in [4.78, 5) is 26.5. The van der Waals surface area contributed by atoms with Crippen molar-refractivity contribution >= 4 is 12.0 Å². The molecule has 0 aromatic heterocycles. The Bertz CT molecular complexity index is 313. The number of ether oxygens (including phenoxy) is 1. The van der Waals surface area contributed by atoms with Crippen molar-refractivity contribution in [2.24, 2.45) is 5.73 Å². The maximum absolute atomic E-state index is 11.5. The van der Waals surface area contributed by atoms with Gasteiger partial charge in [0, 0.05) is 25.7 Å². The molecule has 2 aliphatic heterocycles. The quantitative estimate of drug-likeness (QED) is 0.678. The Morgan fingerprint density at radius 1 is 1.47 bits per heavy atom. The van der Waals surface area contributed by atoms with E-state index in [1.54, 1.807) is 11.8 Å². The van der Waals surface area contributed by atoms with E-state index in [1.165, 1.54) is 0 Å². The molecule has 17 heavy (non-hydrogen) atoms. The van der Waals surface area contributed by atoms with Crippen LogP contribution in [-0.2, 0) is 9.53 Å². The van der Waals surface area contributed by atoms with Gasteiger partial charge >= 0.3 is 6.09 Å². The van der Waals surface area contributed by atoms with E-state index in [0.29, 0.717) is 26.2 Å². The molecule has 0 saturated carbocycles. The van der Waals surface area contributed by atoms with Crippen LogP contribution in [0.15, 0.2) is 0 Å². The number of β-lactam (4-membered cyclic amide) rings is 1. The van der Waals surface area contributed by atoms with Crippen molar-refractivity contribution in [3.05, 3.63) is 0 Å². The third-order valence-corrected chi connectivity index (χ3v) is 3.42. The molecule has 2 N–H and O–H groups in total. The van der Waals surface area contributed by atoms with Gasteiger partial charge in [0.05, 0.1) is 6.61 Å².